The lowest BCUT2D eigenvalue weighted by molar-refractivity contribution is -0.157. The molecule has 0 amide bonds. The van der Waals surface area contributed by atoms with Crippen molar-refractivity contribution in [2.75, 3.05) is 20.8 Å². The van der Waals surface area contributed by atoms with E-state index in [1.165, 1.54) is 7.11 Å². The average Bonchev–Trinajstić information content (AvgIpc) is 2.67. The number of esters is 2. The van der Waals surface area contributed by atoms with Gasteiger partial charge in [0.25, 0.3) is 5.56 Å². The molecule has 2 unspecified atom stereocenters. The van der Waals surface area contributed by atoms with Gasteiger partial charge in [0.1, 0.15) is 17.5 Å². The van der Waals surface area contributed by atoms with Gasteiger partial charge in [-0.25, -0.2) is 9.78 Å². The van der Waals surface area contributed by atoms with Crippen LogP contribution in [-0.2, 0) is 19.0 Å². The summed E-state index contributed by atoms with van der Waals surface area (Å²) in [6, 6.07) is -1.52. The van der Waals surface area contributed by atoms with E-state index >= 15 is 0 Å². The first-order valence-corrected chi connectivity index (χ1v) is 9.47. The standard InChI is InChI=1S/C19H31N3O8/c1-10(17(26)30-19(2,3)4)20-12(8-7-11(9-23)28-5)15-21-13(18(27)29-6)14(24)16(25)22-15/h10-12,20,23-24H,7-9H2,1-6H3,(H,21,22,25)/t10?,11-,12?/m0/s1. The molecule has 170 valence electrons. The van der Waals surface area contributed by atoms with Crippen LogP contribution in [-0.4, -0.2) is 70.7 Å². The number of methoxy groups -OCH3 is 2. The normalized spacial score (nSPS) is 14.6. The lowest BCUT2D eigenvalue weighted by Gasteiger charge is -2.26. The minimum Gasteiger partial charge on any atom is -0.501 e. The van der Waals surface area contributed by atoms with Crippen molar-refractivity contribution in [2.45, 2.75) is 64.3 Å². The van der Waals surface area contributed by atoms with Crippen molar-refractivity contribution in [1.29, 1.82) is 0 Å². The van der Waals surface area contributed by atoms with Gasteiger partial charge < -0.3 is 29.4 Å². The molecule has 30 heavy (non-hydrogen) atoms. The fourth-order valence-electron chi connectivity index (χ4n) is 2.58. The molecule has 0 aliphatic heterocycles. The Hall–Kier alpha value is -2.50. The molecule has 1 aromatic rings. The molecule has 1 rings (SSSR count). The lowest BCUT2D eigenvalue weighted by Crippen LogP contribution is -2.42. The SMILES string of the molecule is COC(=O)c1nc(C(CC[C@@H](CO)OC)NC(C)C(=O)OC(C)(C)C)[nH]c(=O)c1O. The van der Waals surface area contributed by atoms with Crippen LogP contribution in [0.1, 0.15) is 62.9 Å². The number of ether oxygens (including phenoxy) is 3. The molecule has 11 heteroatoms. The third-order valence-corrected chi connectivity index (χ3v) is 4.15. The molecule has 0 aromatic carbocycles. The van der Waals surface area contributed by atoms with Crippen molar-refractivity contribution >= 4 is 11.9 Å². The fourth-order valence-corrected chi connectivity index (χ4v) is 2.58. The fraction of sp³-hybridized carbons (Fsp3) is 0.684. The number of hydrogen-bond donors (Lipinski definition) is 4. The van der Waals surface area contributed by atoms with Crippen molar-refractivity contribution in [2.24, 2.45) is 0 Å². The Balaban J connectivity index is 3.23. The number of hydrogen-bond acceptors (Lipinski definition) is 10. The molecule has 0 radical (unpaired) electrons. The van der Waals surface area contributed by atoms with Crippen molar-refractivity contribution in [3.8, 4) is 5.75 Å². The molecule has 11 nitrogen and oxygen atoms in total. The Morgan fingerprint density at radius 3 is 2.37 bits per heavy atom. The molecule has 1 aromatic heterocycles. The first kappa shape index (κ1) is 25.5. The minimum atomic E-state index is -0.982. The highest BCUT2D eigenvalue weighted by molar-refractivity contribution is 5.89. The first-order chi connectivity index (χ1) is 13.9. The van der Waals surface area contributed by atoms with Gasteiger partial charge in [-0.1, -0.05) is 0 Å². The number of rotatable bonds is 10. The Kier molecular flexibility index (Phi) is 9.40. The highest BCUT2D eigenvalue weighted by Gasteiger charge is 2.28. The van der Waals surface area contributed by atoms with E-state index in [1.54, 1.807) is 27.7 Å². The third-order valence-electron chi connectivity index (χ3n) is 4.15. The first-order valence-electron chi connectivity index (χ1n) is 9.47. The molecule has 0 saturated carbocycles. The lowest BCUT2D eigenvalue weighted by atomic mass is 10.1. The number of aromatic hydroxyl groups is 1. The van der Waals surface area contributed by atoms with Crippen LogP contribution < -0.4 is 10.9 Å². The van der Waals surface area contributed by atoms with E-state index in [0.29, 0.717) is 6.42 Å². The van der Waals surface area contributed by atoms with E-state index in [-0.39, 0.29) is 18.9 Å². The Morgan fingerprint density at radius 1 is 1.23 bits per heavy atom. The number of aliphatic hydroxyl groups is 1. The molecule has 0 aliphatic carbocycles. The number of carbonyl (C=O) groups is 2. The summed E-state index contributed by atoms with van der Waals surface area (Å²) in [5.74, 6) is -2.35. The number of H-pyrrole nitrogens is 1. The number of carbonyl (C=O) groups excluding carboxylic acids is 2. The van der Waals surface area contributed by atoms with Gasteiger partial charge >= 0.3 is 11.9 Å². The maximum Gasteiger partial charge on any atom is 0.360 e. The number of aliphatic hydroxyl groups excluding tert-OH is 1. The number of nitrogens with zero attached hydrogens (tertiary/aromatic N) is 1. The van der Waals surface area contributed by atoms with Crippen molar-refractivity contribution in [3.63, 3.8) is 0 Å². The molecular formula is C19H31N3O8. The van der Waals surface area contributed by atoms with E-state index in [1.807, 2.05) is 0 Å². The van der Waals surface area contributed by atoms with E-state index in [4.69, 9.17) is 9.47 Å². The second kappa shape index (κ2) is 11.0. The van der Waals surface area contributed by atoms with Crippen LogP contribution in [0.3, 0.4) is 0 Å². The summed E-state index contributed by atoms with van der Waals surface area (Å²) in [4.78, 5) is 42.8. The van der Waals surface area contributed by atoms with E-state index in [9.17, 15) is 24.6 Å². The average molecular weight is 429 g/mol. The Labute approximate surface area is 174 Å². The molecule has 0 spiro atoms. The summed E-state index contributed by atoms with van der Waals surface area (Å²) >= 11 is 0. The van der Waals surface area contributed by atoms with Gasteiger partial charge in [-0.15, -0.1) is 0 Å². The maximum absolute atomic E-state index is 12.4. The number of aromatic amines is 1. The van der Waals surface area contributed by atoms with Gasteiger partial charge in [-0.2, -0.15) is 0 Å². The molecular weight excluding hydrogens is 398 g/mol. The molecule has 4 N–H and O–H groups in total. The topological polar surface area (TPSA) is 160 Å². The summed E-state index contributed by atoms with van der Waals surface area (Å²) in [5.41, 5.74) is -2.16. The van der Waals surface area contributed by atoms with Crippen LogP contribution in [0.5, 0.6) is 5.75 Å². The van der Waals surface area contributed by atoms with Crippen LogP contribution in [0, 0.1) is 0 Å². The van der Waals surface area contributed by atoms with Crippen molar-refractivity contribution in [3.05, 3.63) is 21.9 Å². The zero-order valence-corrected chi connectivity index (χ0v) is 18.1. The molecule has 0 aliphatic rings. The van der Waals surface area contributed by atoms with Crippen molar-refractivity contribution < 1.29 is 34.0 Å². The zero-order valence-electron chi connectivity index (χ0n) is 18.1. The van der Waals surface area contributed by atoms with Crippen LogP contribution in [0.2, 0.25) is 0 Å². The highest BCUT2D eigenvalue weighted by atomic mass is 16.6. The van der Waals surface area contributed by atoms with Crippen molar-refractivity contribution in [1.82, 2.24) is 15.3 Å². The second-order valence-corrected chi connectivity index (χ2v) is 7.73. The van der Waals surface area contributed by atoms with Crippen LogP contribution in [0.15, 0.2) is 4.79 Å². The van der Waals surface area contributed by atoms with Gasteiger partial charge in [0, 0.05) is 7.11 Å². The maximum atomic E-state index is 12.4. The van der Waals surface area contributed by atoms with Crippen LogP contribution in [0.4, 0.5) is 0 Å². The molecule has 1 heterocycles. The summed E-state index contributed by atoms with van der Waals surface area (Å²) in [7, 11) is 2.54. The number of aromatic nitrogens is 2. The molecule has 0 fully saturated rings. The summed E-state index contributed by atoms with van der Waals surface area (Å²) < 4.78 is 15.1. The van der Waals surface area contributed by atoms with Crippen LogP contribution in [0.25, 0.3) is 0 Å². The van der Waals surface area contributed by atoms with Crippen LogP contribution >= 0.6 is 0 Å². The van der Waals surface area contributed by atoms with E-state index in [2.05, 4.69) is 20.0 Å². The summed E-state index contributed by atoms with van der Waals surface area (Å²) in [5, 5.41) is 22.2. The summed E-state index contributed by atoms with van der Waals surface area (Å²) in [6.07, 6.45) is 0.153. The number of nitrogens with one attached hydrogen (secondary N) is 2. The Morgan fingerprint density at radius 2 is 1.87 bits per heavy atom. The van der Waals surface area contributed by atoms with E-state index < -0.39 is 52.7 Å². The van der Waals surface area contributed by atoms with Gasteiger partial charge in [0.2, 0.25) is 5.75 Å². The Bertz CT molecular complexity index is 783. The van der Waals surface area contributed by atoms with E-state index in [0.717, 1.165) is 7.11 Å². The third kappa shape index (κ3) is 7.39. The highest BCUT2D eigenvalue weighted by Crippen LogP contribution is 2.20. The minimum absolute atomic E-state index is 0.0152. The molecule has 3 atom stereocenters. The largest absolute Gasteiger partial charge is 0.501 e. The molecule has 0 bridgehead atoms. The van der Waals surface area contributed by atoms with Gasteiger partial charge in [0.05, 0.1) is 25.9 Å². The summed E-state index contributed by atoms with van der Waals surface area (Å²) in [6.45, 7) is 6.57. The van der Waals surface area contributed by atoms with Gasteiger partial charge in [-0.05, 0) is 40.5 Å². The zero-order chi connectivity index (χ0) is 23.1. The quantitative estimate of drug-likeness (QED) is 0.384. The second-order valence-electron chi connectivity index (χ2n) is 7.73. The predicted octanol–water partition coefficient (Wildman–Crippen LogP) is 0.411. The smallest absolute Gasteiger partial charge is 0.360 e. The van der Waals surface area contributed by atoms with Gasteiger partial charge in [-0.3, -0.25) is 14.9 Å². The van der Waals surface area contributed by atoms with Gasteiger partial charge in [0.15, 0.2) is 5.69 Å². The predicted molar refractivity (Wildman–Crippen MR) is 106 cm³/mol. The molecule has 0 saturated heterocycles. The monoisotopic (exact) mass is 429 g/mol.